The van der Waals surface area contributed by atoms with Crippen molar-refractivity contribution in [3.8, 4) is 0 Å². The summed E-state index contributed by atoms with van der Waals surface area (Å²) < 4.78 is 11.5. The van der Waals surface area contributed by atoms with Gasteiger partial charge in [-0.1, -0.05) is 75.0 Å². The Balaban J connectivity index is 2.04. The zero-order valence-electron chi connectivity index (χ0n) is 18.6. The molecule has 0 heterocycles. The van der Waals surface area contributed by atoms with Crippen LogP contribution < -0.4 is 0 Å². The monoisotopic (exact) mass is 392 g/mol. The summed E-state index contributed by atoms with van der Waals surface area (Å²) >= 11 is 0. The van der Waals surface area contributed by atoms with Crippen molar-refractivity contribution < 1.29 is 14.3 Å². The van der Waals surface area contributed by atoms with Crippen LogP contribution in [0.4, 0.5) is 0 Å². The van der Waals surface area contributed by atoms with Crippen molar-refractivity contribution in [1.82, 2.24) is 0 Å². The number of hydrogen-bond donors (Lipinski definition) is 0. The van der Waals surface area contributed by atoms with Crippen molar-refractivity contribution >= 4 is 13.8 Å². The summed E-state index contributed by atoms with van der Waals surface area (Å²) in [6.07, 6.45) is 1.79. The molecular formula is C25H33BO3. The molecule has 2 aromatic carbocycles. The largest absolute Gasteiger partial charge is 0.456 e. The fraction of sp³-hybridized carbons (Fsp3) is 0.400. The molecular weight excluding hydrogens is 359 g/mol. The Labute approximate surface area is 176 Å². The lowest BCUT2D eigenvalue weighted by molar-refractivity contribution is -0.152. The van der Waals surface area contributed by atoms with Crippen LogP contribution >= 0.6 is 0 Å². The molecule has 1 atom stereocenters. The van der Waals surface area contributed by atoms with Crippen LogP contribution in [-0.2, 0) is 25.2 Å². The van der Waals surface area contributed by atoms with Gasteiger partial charge in [-0.05, 0) is 37.5 Å². The third kappa shape index (κ3) is 6.07. The standard InChI is InChI=1S/C25H33BO3/c1-7-22(27)29-23(2,3)17-18-28-25(6,26)21-15-13-20(14-16-21)24(4,5)19-11-9-8-10-12-19/h7-16H,1,17-18,26H2,2-6H3. The molecule has 4 heteroatoms. The smallest absolute Gasteiger partial charge is 0.330 e. The van der Waals surface area contributed by atoms with Crippen LogP contribution in [0, 0.1) is 0 Å². The van der Waals surface area contributed by atoms with Crippen LogP contribution in [0.1, 0.15) is 57.7 Å². The number of ether oxygens (including phenoxy) is 2. The number of carbonyl (C=O) groups is 1. The fourth-order valence-electron chi connectivity index (χ4n) is 3.31. The summed E-state index contributed by atoms with van der Waals surface area (Å²) in [4.78, 5) is 11.4. The van der Waals surface area contributed by atoms with Gasteiger partial charge in [-0.3, -0.25) is 0 Å². The maximum atomic E-state index is 11.4. The maximum absolute atomic E-state index is 11.4. The first kappa shape index (κ1) is 23.0. The van der Waals surface area contributed by atoms with E-state index in [9.17, 15) is 4.79 Å². The normalized spacial score (nSPS) is 14.1. The van der Waals surface area contributed by atoms with E-state index in [0.717, 1.165) is 5.56 Å². The van der Waals surface area contributed by atoms with Crippen molar-refractivity contribution in [2.45, 2.75) is 57.6 Å². The van der Waals surface area contributed by atoms with Crippen molar-refractivity contribution in [3.05, 3.63) is 83.9 Å². The lowest BCUT2D eigenvalue weighted by Crippen LogP contribution is -2.32. The maximum Gasteiger partial charge on any atom is 0.330 e. The van der Waals surface area contributed by atoms with Gasteiger partial charge >= 0.3 is 5.97 Å². The molecule has 0 N–H and O–H groups in total. The van der Waals surface area contributed by atoms with Crippen molar-refractivity contribution in [1.29, 1.82) is 0 Å². The molecule has 0 aliphatic rings. The summed E-state index contributed by atoms with van der Waals surface area (Å²) in [7, 11) is 2.06. The number of benzene rings is 2. The minimum Gasteiger partial charge on any atom is -0.456 e. The quantitative estimate of drug-likeness (QED) is 0.352. The van der Waals surface area contributed by atoms with Gasteiger partial charge in [-0.2, -0.15) is 0 Å². The van der Waals surface area contributed by atoms with Gasteiger partial charge in [-0.25, -0.2) is 4.79 Å². The molecule has 3 nitrogen and oxygen atoms in total. The average Bonchev–Trinajstić information content (AvgIpc) is 2.68. The van der Waals surface area contributed by atoms with E-state index in [-0.39, 0.29) is 5.41 Å². The molecule has 0 aliphatic carbocycles. The first-order valence-corrected chi connectivity index (χ1v) is 10.1. The van der Waals surface area contributed by atoms with Crippen LogP contribution in [0.5, 0.6) is 0 Å². The number of hydrogen-bond acceptors (Lipinski definition) is 3. The van der Waals surface area contributed by atoms with Gasteiger partial charge in [0.1, 0.15) is 13.4 Å². The van der Waals surface area contributed by atoms with Gasteiger partial charge in [0.05, 0.1) is 12.1 Å². The zero-order valence-corrected chi connectivity index (χ0v) is 18.6. The third-order valence-corrected chi connectivity index (χ3v) is 5.51. The molecule has 1 unspecified atom stereocenters. The predicted molar refractivity (Wildman–Crippen MR) is 122 cm³/mol. The van der Waals surface area contributed by atoms with Crippen molar-refractivity contribution in [2.75, 3.05) is 6.61 Å². The summed E-state index contributed by atoms with van der Waals surface area (Å²) in [5, 5.41) is 0. The van der Waals surface area contributed by atoms with Crippen LogP contribution in [0.25, 0.3) is 0 Å². The molecule has 0 fully saturated rings. The topological polar surface area (TPSA) is 35.5 Å². The van der Waals surface area contributed by atoms with Gasteiger partial charge in [0.15, 0.2) is 0 Å². The molecule has 0 saturated heterocycles. The second-order valence-corrected chi connectivity index (χ2v) is 9.06. The van der Waals surface area contributed by atoms with Crippen molar-refractivity contribution in [3.63, 3.8) is 0 Å². The molecule has 29 heavy (non-hydrogen) atoms. The Morgan fingerprint density at radius 2 is 1.45 bits per heavy atom. The summed E-state index contributed by atoms with van der Waals surface area (Å²) in [6.45, 7) is 14.2. The van der Waals surface area contributed by atoms with Crippen LogP contribution in [0.3, 0.4) is 0 Å². The van der Waals surface area contributed by atoms with Crippen LogP contribution in [-0.4, -0.2) is 26.0 Å². The first-order valence-electron chi connectivity index (χ1n) is 10.1. The lowest BCUT2D eigenvalue weighted by Gasteiger charge is -2.31. The Morgan fingerprint density at radius 1 is 0.931 bits per heavy atom. The predicted octanol–water partition coefficient (Wildman–Crippen LogP) is 4.73. The van der Waals surface area contributed by atoms with Crippen LogP contribution in [0.15, 0.2) is 67.3 Å². The van der Waals surface area contributed by atoms with Gasteiger partial charge < -0.3 is 9.47 Å². The summed E-state index contributed by atoms with van der Waals surface area (Å²) in [6, 6.07) is 19.2. The molecule has 2 rings (SSSR count). The zero-order chi connectivity index (χ0) is 21.7. The van der Waals surface area contributed by atoms with E-state index >= 15 is 0 Å². The van der Waals surface area contributed by atoms with Crippen LogP contribution in [0.2, 0.25) is 0 Å². The Morgan fingerprint density at radius 3 is 2.00 bits per heavy atom. The lowest BCUT2D eigenvalue weighted by atomic mass is 9.74. The van der Waals surface area contributed by atoms with Gasteiger partial charge in [0.25, 0.3) is 0 Å². The van der Waals surface area contributed by atoms with E-state index in [1.54, 1.807) is 0 Å². The van der Waals surface area contributed by atoms with E-state index in [0.29, 0.717) is 13.0 Å². The highest BCUT2D eigenvalue weighted by Gasteiger charge is 2.27. The Hall–Kier alpha value is -2.33. The Kier molecular flexibility index (Phi) is 7.13. The number of carbonyl (C=O) groups excluding carboxylic acids is 1. The highest BCUT2D eigenvalue weighted by atomic mass is 16.6. The highest BCUT2D eigenvalue weighted by molar-refractivity contribution is 6.14. The van der Waals surface area contributed by atoms with E-state index < -0.39 is 17.1 Å². The minimum absolute atomic E-state index is 0.0656. The minimum atomic E-state index is -0.592. The Bertz CT molecular complexity index is 821. The molecule has 2 aromatic rings. The summed E-state index contributed by atoms with van der Waals surface area (Å²) in [5.74, 6) is -0.411. The van der Waals surface area contributed by atoms with Crippen molar-refractivity contribution in [2.24, 2.45) is 0 Å². The van der Waals surface area contributed by atoms with E-state index in [1.807, 2.05) is 19.9 Å². The molecule has 0 spiro atoms. The number of rotatable bonds is 9. The molecule has 0 bridgehead atoms. The van der Waals surface area contributed by atoms with Gasteiger partial charge in [0, 0.05) is 17.9 Å². The fourth-order valence-corrected chi connectivity index (χ4v) is 3.31. The van der Waals surface area contributed by atoms with Gasteiger partial charge in [-0.15, -0.1) is 0 Å². The molecule has 0 aliphatic heterocycles. The SMILES string of the molecule is BC(C)(OCCC(C)(C)OC(=O)C=C)c1ccc(C(C)(C)c2ccccc2)cc1. The second-order valence-electron chi connectivity index (χ2n) is 9.06. The molecule has 154 valence electrons. The van der Waals surface area contributed by atoms with Gasteiger partial charge in [0.2, 0.25) is 0 Å². The average molecular weight is 392 g/mol. The highest BCUT2D eigenvalue weighted by Crippen LogP contribution is 2.33. The summed E-state index contributed by atoms with van der Waals surface area (Å²) in [5.41, 5.74) is 2.58. The molecule has 0 aromatic heterocycles. The molecule has 0 radical (unpaired) electrons. The number of esters is 1. The van der Waals surface area contributed by atoms with E-state index in [2.05, 4.69) is 83.7 Å². The van der Waals surface area contributed by atoms with E-state index in [1.165, 1.54) is 17.2 Å². The third-order valence-electron chi connectivity index (χ3n) is 5.51. The molecule has 0 amide bonds. The first-order chi connectivity index (χ1) is 13.5. The second kappa shape index (κ2) is 9.00. The van der Waals surface area contributed by atoms with E-state index in [4.69, 9.17) is 9.47 Å². The molecule has 0 saturated carbocycles.